The van der Waals surface area contributed by atoms with Crippen LogP contribution in [0.3, 0.4) is 0 Å². The zero-order valence-corrected chi connectivity index (χ0v) is 16.9. The van der Waals surface area contributed by atoms with E-state index in [-0.39, 0.29) is 5.82 Å². The van der Waals surface area contributed by atoms with Crippen LogP contribution in [-0.2, 0) is 0 Å². The number of quaternary nitrogens is 1. The second-order valence-electron chi connectivity index (χ2n) is 8.21. The van der Waals surface area contributed by atoms with Gasteiger partial charge in [-0.15, -0.1) is 5.10 Å². The molecule has 1 saturated carbocycles. The van der Waals surface area contributed by atoms with Crippen LogP contribution in [0.4, 0.5) is 10.1 Å². The van der Waals surface area contributed by atoms with Crippen molar-refractivity contribution >= 4 is 5.69 Å². The predicted octanol–water partition coefficient (Wildman–Crippen LogP) is 2.56. The zero-order chi connectivity index (χ0) is 19.3. The van der Waals surface area contributed by atoms with E-state index in [1.165, 1.54) is 37.0 Å². The highest BCUT2D eigenvalue weighted by molar-refractivity contribution is 5.47. The molecule has 0 unspecified atom stereocenters. The predicted molar refractivity (Wildman–Crippen MR) is 107 cm³/mol. The number of tetrazole rings is 1. The maximum absolute atomic E-state index is 14.2. The molecule has 2 heterocycles. The Bertz CT molecular complexity index is 749. The van der Waals surface area contributed by atoms with Gasteiger partial charge in [-0.3, -0.25) is 0 Å². The number of hydrogen-bond donors (Lipinski definition) is 1. The van der Waals surface area contributed by atoms with Gasteiger partial charge < -0.3 is 9.80 Å². The lowest BCUT2D eigenvalue weighted by atomic mass is 9.95. The van der Waals surface area contributed by atoms with Crippen LogP contribution >= 0.6 is 0 Å². The summed E-state index contributed by atoms with van der Waals surface area (Å²) in [5.74, 6) is 0.931. The van der Waals surface area contributed by atoms with Gasteiger partial charge in [0.15, 0.2) is 0 Å². The van der Waals surface area contributed by atoms with Gasteiger partial charge >= 0.3 is 0 Å². The molecule has 0 radical (unpaired) electrons. The van der Waals surface area contributed by atoms with E-state index in [2.05, 4.69) is 32.0 Å². The molecule has 0 spiro atoms. The molecule has 1 aromatic carbocycles. The average Bonchev–Trinajstić information content (AvgIpc) is 3.23. The first-order valence-corrected chi connectivity index (χ1v) is 10.9. The van der Waals surface area contributed by atoms with E-state index in [0.29, 0.717) is 12.1 Å². The second-order valence-corrected chi connectivity index (χ2v) is 8.21. The molecule has 28 heavy (non-hydrogen) atoms. The Morgan fingerprint density at radius 1 is 1.14 bits per heavy atom. The van der Waals surface area contributed by atoms with Gasteiger partial charge in [0.25, 0.3) is 0 Å². The molecule has 1 aliphatic carbocycles. The Kier molecular flexibility index (Phi) is 6.20. The Labute approximate surface area is 166 Å². The molecule has 1 saturated heterocycles. The molecule has 4 rings (SSSR count). The van der Waals surface area contributed by atoms with Gasteiger partial charge in [0.1, 0.15) is 11.9 Å². The van der Waals surface area contributed by atoms with E-state index < -0.39 is 0 Å². The fourth-order valence-electron chi connectivity index (χ4n) is 4.91. The smallest absolute Gasteiger partial charge is 0.209 e. The minimum atomic E-state index is -0.128. The summed E-state index contributed by atoms with van der Waals surface area (Å²) >= 11 is 0. The SMILES string of the molecule is CCC[C@@H](c1nnnn1C1CCCCC1)[NH+]1CCN(c2ccccc2F)CC1. The van der Waals surface area contributed by atoms with Crippen molar-refractivity contribution in [2.75, 3.05) is 31.1 Å². The van der Waals surface area contributed by atoms with Gasteiger partial charge in [-0.1, -0.05) is 44.7 Å². The first-order chi connectivity index (χ1) is 13.8. The van der Waals surface area contributed by atoms with Crippen molar-refractivity contribution in [3.63, 3.8) is 0 Å². The minimum Gasteiger partial charge on any atom is -0.358 e. The topological polar surface area (TPSA) is 51.3 Å². The molecule has 1 N–H and O–H groups in total. The monoisotopic (exact) mass is 387 g/mol. The zero-order valence-electron chi connectivity index (χ0n) is 16.9. The number of anilines is 1. The number of benzene rings is 1. The van der Waals surface area contributed by atoms with Crippen LogP contribution in [-0.4, -0.2) is 46.4 Å². The normalized spacial score (nSPS) is 20.4. The van der Waals surface area contributed by atoms with Crippen molar-refractivity contribution in [2.24, 2.45) is 0 Å². The summed E-state index contributed by atoms with van der Waals surface area (Å²) in [5.41, 5.74) is 0.723. The largest absolute Gasteiger partial charge is 0.358 e. The maximum atomic E-state index is 14.2. The van der Waals surface area contributed by atoms with Crippen LogP contribution in [0.2, 0.25) is 0 Å². The van der Waals surface area contributed by atoms with Crippen molar-refractivity contribution < 1.29 is 9.29 Å². The summed E-state index contributed by atoms with van der Waals surface area (Å²) in [6.07, 6.45) is 8.45. The molecule has 7 heteroatoms. The molecular formula is C21H32FN6+. The van der Waals surface area contributed by atoms with Crippen molar-refractivity contribution in [3.05, 3.63) is 35.9 Å². The van der Waals surface area contributed by atoms with Gasteiger partial charge in [0.05, 0.1) is 37.9 Å². The Morgan fingerprint density at radius 3 is 2.61 bits per heavy atom. The first-order valence-electron chi connectivity index (χ1n) is 10.9. The molecule has 1 aliphatic heterocycles. The summed E-state index contributed by atoms with van der Waals surface area (Å²) in [5, 5.41) is 12.9. The summed E-state index contributed by atoms with van der Waals surface area (Å²) in [6, 6.07) is 7.88. The number of para-hydroxylation sites is 1. The molecule has 152 valence electrons. The number of hydrogen-bond acceptors (Lipinski definition) is 4. The molecule has 6 nitrogen and oxygen atoms in total. The second kappa shape index (κ2) is 8.99. The van der Waals surface area contributed by atoms with Crippen LogP contribution in [0.1, 0.15) is 69.8 Å². The van der Waals surface area contributed by atoms with Crippen LogP contribution in [0.25, 0.3) is 0 Å². The van der Waals surface area contributed by atoms with E-state index in [0.717, 1.165) is 50.5 Å². The highest BCUT2D eigenvalue weighted by Gasteiger charge is 2.34. The van der Waals surface area contributed by atoms with Crippen LogP contribution in [0.5, 0.6) is 0 Å². The highest BCUT2D eigenvalue weighted by Crippen LogP contribution is 2.29. The van der Waals surface area contributed by atoms with E-state index in [4.69, 9.17) is 0 Å². The summed E-state index contributed by atoms with van der Waals surface area (Å²) in [7, 11) is 0. The summed E-state index contributed by atoms with van der Waals surface area (Å²) in [4.78, 5) is 3.70. The molecule has 2 fully saturated rings. The third kappa shape index (κ3) is 4.04. The molecule has 1 aromatic heterocycles. The van der Waals surface area contributed by atoms with Gasteiger partial charge in [0, 0.05) is 6.42 Å². The molecular weight excluding hydrogens is 355 g/mol. The number of piperazine rings is 1. The first kappa shape index (κ1) is 19.3. The van der Waals surface area contributed by atoms with Crippen molar-refractivity contribution in [1.29, 1.82) is 0 Å². The fraction of sp³-hybridized carbons (Fsp3) is 0.667. The maximum Gasteiger partial charge on any atom is 0.209 e. The van der Waals surface area contributed by atoms with Crippen molar-refractivity contribution in [2.45, 2.75) is 64.0 Å². The third-order valence-corrected chi connectivity index (χ3v) is 6.42. The van der Waals surface area contributed by atoms with Crippen molar-refractivity contribution in [3.8, 4) is 0 Å². The molecule has 0 amide bonds. The van der Waals surface area contributed by atoms with Gasteiger partial charge in [0.2, 0.25) is 5.82 Å². The van der Waals surface area contributed by atoms with Crippen molar-refractivity contribution in [1.82, 2.24) is 20.2 Å². The summed E-state index contributed by atoms with van der Waals surface area (Å²) < 4.78 is 16.3. The molecule has 0 bridgehead atoms. The molecule has 2 aromatic rings. The summed E-state index contributed by atoms with van der Waals surface area (Å²) in [6.45, 7) is 5.92. The van der Waals surface area contributed by atoms with E-state index in [1.807, 2.05) is 12.1 Å². The highest BCUT2D eigenvalue weighted by atomic mass is 19.1. The lowest BCUT2D eigenvalue weighted by Crippen LogP contribution is -3.15. The van der Waals surface area contributed by atoms with E-state index >= 15 is 0 Å². The van der Waals surface area contributed by atoms with Crippen LogP contribution in [0, 0.1) is 5.82 Å². The lowest BCUT2D eigenvalue weighted by molar-refractivity contribution is -0.933. The number of nitrogens with zero attached hydrogens (tertiary/aromatic N) is 5. The number of rotatable bonds is 6. The van der Waals surface area contributed by atoms with Gasteiger partial charge in [-0.25, -0.2) is 9.07 Å². The van der Waals surface area contributed by atoms with Crippen LogP contribution < -0.4 is 9.80 Å². The molecule has 1 atom stereocenters. The Balaban J connectivity index is 1.48. The van der Waals surface area contributed by atoms with Gasteiger partial charge in [-0.2, -0.15) is 0 Å². The quantitative estimate of drug-likeness (QED) is 0.828. The average molecular weight is 388 g/mol. The minimum absolute atomic E-state index is 0.128. The number of nitrogens with one attached hydrogen (secondary N) is 1. The number of aromatic nitrogens is 4. The molecule has 2 aliphatic rings. The van der Waals surface area contributed by atoms with Crippen LogP contribution in [0.15, 0.2) is 24.3 Å². The Morgan fingerprint density at radius 2 is 1.89 bits per heavy atom. The standard InChI is InChI=1S/C21H31FN6/c1-2-8-20(21-23-24-25-28(21)17-9-4-3-5-10-17)27-15-13-26(14-16-27)19-12-7-6-11-18(19)22/h6-7,11-12,17,20H,2-5,8-10,13-16H2,1H3/p+1/t20-/m0/s1. The number of halogens is 1. The van der Waals surface area contributed by atoms with E-state index in [1.54, 1.807) is 12.1 Å². The van der Waals surface area contributed by atoms with Gasteiger partial charge in [-0.05, 0) is 35.4 Å². The fourth-order valence-corrected chi connectivity index (χ4v) is 4.91. The third-order valence-electron chi connectivity index (χ3n) is 6.42. The Hall–Kier alpha value is -2.02. The van der Waals surface area contributed by atoms with E-state index in [9.17, 15) is 4.39 Å². The lowest BCUT2D eigenvalue weighted by Gasteiger charge is -2.37.